The first kappa shape index (κ1) is 16.7. The van der Waals surface area contributed by atoms with Crippen LogP contribution < -0.4 is 10.6 Å². The average Bonchev–Trinajstić information content (AvgIpc) is 2.57. The second-order valence-corrected chi connectivity index (χ2v) is 6.72. The minimum Gasteiger partial charge on any atom is -0.380 e. The number of fused-ring (bicyclic) bond motifs is 1. The fraction of sp³-hybridized carbons (Fsp3) is 0.444. The molecular weight excluding hydrogens is 304 g/mol. The molecule has 0 radical (unpaired) electrons. The molecule has 2 heterocycles. The lowest BCUT2D eigenvalue weighted by Gasteiger charge is -2.36. The maximum Gasteiger partial charge on any atom is 0.249 e. The molecule has 1 aliphatic heterocycles. The number of hydrogen-bond donors (Lipinski definition) is 2. The van der Waals surface area contributed by atoms with Crippen LogP contribution in [-0.4, -0.2) is 53.7 Å². The van der Waals surface area contributed by atoms with Crippen molar-refractivity contribution in [2.75, 3.05) is 32.1 Å². The van der Waals surface area contributed by atoms with Gasteiger partial charge < -0.3 is 15.7 Å². The fourth-order valence-corrected chi connectivity index (χ4v) is 3.29. The van der Waals surface area contributed by atoms with Crippen molar-refractivity contribution in [1.82, 2.24) is 9.88 Å². The maximum atomic E-state index is 11.4. The molecule has 1 aromatic carbocycles. The molecule has 0 bridgehead atoms. The number of nitrogens with zero attached hydrogens (tertiary/aromatic N) is 3. The van der Waals surface area contributed by atoms with E-state index in [4.69, 9.17) is 5.73 Å². The van der Waals surface area contributed by atoms with E-state index >= 15 is 0 Å². The van der Waals surface area contributed by atoms with Crippen molar-refractivity contribution in [3.63, 3.8) is 0 Å². The third kappa shape index (κ3) is 3.07. The van der Waals surface area contributed by atoms with Crippen LogP contribution in [0.25, 0.3) is 10.8 Å². The van der Waals surface area contributed by atoms with Gasteiger partial charge in [0.15, 0.2) is 0 Å². The van der Waals surface area contributed by atoms with Crippen molar-refractivity contribution in [3.8, 4) is 0 Å². The van der Waals surface area contributed by atoms with Crippen LogP contribution >= 0.6 is 0 Å². The van der Waals surface area contributed by atoms with Gasteiger partial charge in [0.25, 0.3) is 0 Å². The van der Waals surface area contributed by atoms with E-state index in [2.05, 4.69) is 22.0 Å². The van der Waals surface area contributed by atoms with Crippen LogP contribution in [0.4, 0.5) is 5.82 Å². The molecule has 128 valence electrons. The number of aromatic nitrogens is 1. The maximum absolute atomic E-state index is 11.4. The molecular formula is C18H24N4O2. The molecule has 1 amide bonds. The predicted molar refractivity (Wildman–Crippen MR) is 94.7 cm³/mol. The molecule has 1 fully saturated rings. The van der Waals surface area contributed by atoms with Crippen molar-refractivity contribution < 1.29 is 9.90 Å². The molecule has 6 heteroatoms. The van der Waals surface area contributed by atoms with Crippen molar-refractivity contribution in [1.29, 1.82) is 0 Å². The van der Waals surface area contributed by atoms with E-state index in [1.165, 1.54) is 5.39 Å². The summed E-state index contributed by atoms with van der Waals surface area (Å²) in [6.07, 6.45) is 2.68. The molecule has 0 atom stereocenters. The highest BCUT2D eigenvalue weighted by Crippen LogP contribution is 2.28. The van der Waals surface area contributed by atoms with Crippen molar-refractivity contribution >= 4 is 22.5 Å². The number of hydrogen-bond acceptors (Lipinski definition) is 5. The van der Waals surface area contributed by atoms with Crippen LogP contribution in [0.15, 0.2) is 30.5 Å². The zero-order chi connectivity index (χ0) is 17.3. The van der Waals surface area contributed by atoms with Gasteiger partial charge in [-0.05, 0) is 23.8 Å². The lowest BCUT2D eigenvalue weighted by molar-refractivity contribution is -0.141. The first-order valence-corrected chi connectivity index (χ1v) is 8.19. The van der Waals surface area contributed by atoms with E-state index < -0.39 is 11.5 Å². The molecule has 0 spiro atoms. The van der Waals surface area contributed by atoms with E-state index in [1.807, 2.05) is 37.3 Å². The minimum atomic E-state index is -1.36. The molecule has 0 unspecified atom stereocenters. The lowest BCUT2D eigenvalue weighted by Crippen LogP contribution is -2.51. The molecule has 6 nitrogen and oxygen atoms in total. The number of primary amides is 1. The highest BCUT2D eigenvalue weighted by molar-refractivity contribution is 5.94. The first-order chi connectivity index (χ1) is 11.4. The number of anilines is 1. The summed E-state index contributed by atoms with van der Waals surface area (Å²) in [6, 6.07) is 8.26. The zero-order valence-electron chi connectivity index (χ0n) is 14.2. The summed E-state index contributed by atoms with van der Waals surface area (Å²) in [5.41, 5.74) is 5.09. The molecule has 1 aliphatic rings. The molecule has 1 saturated heterocycles. The lowest BCUT2D eigenvalue weighted by atomic mass is 9.90. The Hall–Kier alpha value is -2.18. The Labute approximate surface area is 141 Å². The first-order valence-electron chi connectivity index (χ1n) is 8.19. The van der Waals surface area contributed by atoms with Crippen molar-refractivity contribution in [2.24, 2.45) is 5.73 Å². The molecule has 2 aromatic rings. The number of carbonyl (C=O) groups excluding carboxylic acids is 1. The summed E-state index contributed by atoms with van der Waals surface area (Å²) < 4.78 is 0. The van der Waals surface area contributed by atoms with Gasteiger partial charge in [-0.3, -0.25) is 9.69 Å². The van der Waals surface area contributed by atoms with Gasteiger partial charge in [0, 0.05) is 45.3 Å². The van der Waals surface area contributed by atoms with Crippen molar-refractivity contribution in [2.45, 2.75) is 25.0 Å². The Morgan fingerprint density at radius 2 is 1.92 bits per heavy atom. The molecule has 0 aliphatic carbocycles. The quantitative estimate of drug-likeness (QED) is 0.879. The fourth-order valence-electron chi connectivity index (χ4n) is 3.29. The number of nitrogens with two attached hydrogens (primary N) is 1. The van der Waals surface area contributed by atoms with Crippen LogP contribution in [-0.2, 0) is 11.3 Å². The van der Waals surface area contributed by atoms with Gasteiger partial charge in [-0.1, -0.05) is 24.3 Å². The Kier molecular flexibility index (Phi) is 4.43. The van der Waals surface area contributed by atoms with Gasteiger partial charge in [0.05, 0.1) is 0 Å². The number of aliphatic hydroxyl groups is 1. The smallest absolute Gasteiger partial charge is 0.249 e. The summed E-state index contributed by atoms with van der Waals surface area (Å²) in [5, 5.41) is 12.5. The number of carbonyl (C=O) groups is 1. The number of benzene rings is 1. The minimum absolute atomic E-state index is 0.378. The Morgan fingerprint density at radius 3 is 2.50 bits per heavy atom. The molecule has 24 heavy (non-hydrogen) atoms. The molecule has 0 saturated carbocycles. The van der Waals surface area contributed by atoms with Crippen molar-refractivity contribution in [3.05, 3.63) is 36.0 Å². The van der Waals surface area contributed by atoms with Gasteiger partial charge in [0.1, 0.15) is 11.4 Å². The summed E-state index contributed by atoms with van der Waals surface area (Å²) in [6.45, 7) is 2.03. The summed E-state index contributed by atoms with van der Waals surface area (Å²) in [5.74, 6) is 0.334. The third-order valence-corrected chi connectivity index (χ3v) is 4.82. The summed E-state index contributed by atoms with van der Waals surface area (Å²) >= 11 is 0. The van der Waals surface area contributed by atoms with Crippen LogP contribution in [0.5, 0.6) is 0 Å². The number of likely N-dealkylation sites (tertiary alicyclic amines) is 1. The van der Waals surface area contributed by atoms with Crippen LogP contribution in [0, 0.1) is 0 Å². The molecule has 1 aromatic heterocycles. The number of pyridine rings is 1. The van der Waals surface area contributed by atoms with E-state index in [0.29, 0.717) is 25.9 Å². The van der Waals surface area contributed by atoms with Gasteiger partial charge in [-0.15, -0.1) is 0 Å². The topological polar surface area (TPSA) is 82.7 Å². The summed E-state index contributed by atoms with van der Waals surface area (Å²) in [4.78, 5) is 20.2. The number of amides is 1. The average molecular weight is 328 g/mol. The van der Waals surface area contributed by atoms with E-state index in [-0.39, 0.29) is 0 Å². The van der Waals surface area contributed by atoms with E-state index in [9.17, 15) is 9.90 Å². The monoisotopic (exact) mass is 328 g/mol. The van der Waals surface area contributed by atoms with E-state index in [1.54, 1.807) is 0 Å². The van der Waals surface area contributed by atoms with Gasteiger partial charge in [-0.2, -0.15) is 0 Å². The number of piperidine rings is 1. The highest BCUT2D eigenvalue weighted by atomic mass is 16.3. The Balaban J connectivity index is 1.82. The molecule has 3 rings (SSSR count). The van der Waals surface area contributed by atoms with Crippen LogP contribution in [0.2, 0.25) is 0 Å². The second-order valence-electron chi connectivity index (χ2n) is 6.72. The Bertz CT molecular complexity index is 752. The standard InChI is InChI=1S/C18H24N4O2/c1-21(2)16-15-6-4-3-5-14(15)13(11-20-16)12-22-9-7-18(24,8-10-22)17(19)23/h3-6,11,24H,7-10,12H2,1-2H3,(H2,19,23). The van der Waals surface area contributed by atoms with Crippen LogP contribution in [0.3, 0.4) is 0 Å². The zero-order valence-corrected chi connectivity index (χ0v) is 14.2. The summed E-state index contributed by atoms with van der Waals surface area (Å²) in [7, 11) is 3.98. The van der Waals surface area contributed by atoms with Gasteiger partial charge >= 0.3 is 0 Å². The largest absolute Gasteiger partial charge is 0.380 e. The second kappa shape index (κ2) is 6.37. The van der Waals surface area contributed by atoms with E-state index in [0.717, 1.165) is 23.3 Å². The highest BCUT2D eigenvalue weighted by Gasteiger charge is 2.37. The van der Waals surface area contributed by atoms with Gasteiger partial charge in [0.2, 0.25) is 5.91 Å². The third-order valence-electron chi connectivity index (χ3n) is 4.82. The van der Waals surface area contributed by atoms with Gasteiger partial charge in [-0.25, -0.2) is 4.98 Å². The SMILES string of the molecule is CN(C)c1ncc(CN2CCC(O)(C(N)=O)CC2)c2ccccc12. The normalized spacial score (nSPS) is 17.8. The Morgan fingerprint density at radius 1 is 1.29 bits per heavy atom. The molecule has 3 N–H and O–H groups in total. The van der Waals surface area contributed by atoms with Crippen LogP contribution in [0.1, 0.15) is 18.4 Å². The predicted octanol–water partition coefficient (Wildman–Crippen LogP) is 1.11. The number of rotatable bonds is 4.